The van der Waals surface area contributed by atoms with Crippen LogP contribution in [-0.2, 0) is 17.9 Å². The molecule has 3 rings (SSSR count). The predicted octanol–water partition coefficient (Wildman–Crippen LogP) is 1.86. The average Bonchev–Trinajstić information content (AvgIpc) is 3.25. The molecule has 0 fully saturated rings. The number of rotatable bonds is 5. The zero-order chi connectivity index (χ0) is 16.9. The SMILES string of the molecule is CCn1cc(/C=C(/C#N)C(=O)NCc2ccc3c(c2)OCO3)cn1. The molecule has 1 amide bonds. The number of aromatic nitrogens is 2. The number of nitrogens with zero attached hydrogens (tertiary/aromatic N) is 3. The van der Waals surface area contributed by atoms with Crippen LogP contribution in [0.3, 0.4) is 0 Å². The second-order valence-electron chi connectivity index (χ2n) is 5.17. The highest BCUT2D eigenvalue weighted by molar-refractivity contribution is 6.01. The van der Waals surface area contributed by atoms with E-state index in [-0.39, 0.29) is 12.4 Å². The van der Waals surface area contributed by atoms with Crippen molar-refractivity contribution in [2.45, 2.75) is 20.0 Å². The molecule has 0 unspecified atom stereocenters. The summed E-state index contributed by atoms with van der Waals surface area (Å²) in [7, 11) is 0. The van der Waals surface area contributed by atoms with Crippen molar-refractivity contribution in [2.24, 2.45) is 0 Å². The van der Waals surface area contributed by atoms with Crippen LogP contribution in [-0.4, -0.2) is 22.5 Å². The fraction of sp³-hybridized carbons (Fsp3) is 0.235. The highest BCUT2D eigenvalue weighted by Crippen LogP contribution is 2.32. The van der Waals surface area contributed by atoms with Crippen molar-refractivity contribution in [2.75, 3.05) is 6.79 Å². The molecule has 0 atom stereocenters. The molecule has 0 radical (unpaired) electrons. The molecule has 7 heteroatoms. The summed E-state index contributed by atoms with van der Waals surface area (Å²) < 4.78 is 12.3. The van der Waals surface area contributed by atoms with E-state index in [1.165, 1.54) is 6.08 Å². The summed E-state index contributed by atoms with van der Waals surface area (Å²) in [6, 6.07) is 7.37. The third-order valence-corrected chi connectivity index (χ3v) is 3.54. The third kappa shape index (κ3) is 3.38. The van der Waals surface area contributed by atoms with Gasteiger partial charge >= 0.3 is 0 Å². The van der Waals surface area contributed by atoms with E-state index < -0.39 is 5.91 Å². The Kier molecular flexibility index (Phi) is 4.47. The molecule has 7 nitrogen and oxygen atoms in total. The lowest BCUT2D eigenvalue weighted by atomic mass is 10.1. The van der Waals surface area contributed by atoms with E-state index in [2.05, 4.69) is 10.4 Å². The monoisotopic (exact) mass is 324 g/mol. The summed E-state index contributed by atoms with van der Waals surface area (Å²) in [6.45, 7) is 3.19. The Morgan fingerprint density at radius 1 is 1.46 bits per heavy atom. The first-order valence-corrected chi connectivity index (χ1v) is 7.50. The van der Waals surface area contributed by atoms with Gasteiger partial charge in [-0.2, -0.15) is 10.4 Å². The summed E-state index contributed by atoms with van der Waals surface area (Å²) in [5.74, 6) is 0.916. The highest BCUT2D eigenvalue weighted by Gasteiger charge is 2.14. The lowest BCUT2D eigenvalue weighted by Crippen LogP contribution is -2.23. The second-order valence-corrected chi connectivity index (χ2v) is 5.17. The Labute approximate surface area is 139 Å². The van der Waals surface area contributed by atoms with Crippen molar-refractivity contribution < 1.29 is 14.3 Å². The van der Waals surface area contributed by atoms with Gasteiger partial charge in [-0.3, -0.25) is 9.48 Å². The van der Waals surface area contributed by atoms with Gasteiger partial charge in [0.2, 0.25) is 6.79 Å². The largest absolute Gasteiger partial charge is 0.454 e. The molecule has 0 saturated heterocycles. The lowest BCUT2D eigenvalue weighted by molar-refractivity contribution is -0.117. The number of ether oxygens (including phenoxy) is 2. The zero-order valence-electron chi connectivity index (χ0n) is 13.2. The quantitative estimate of drug-likeness (QED) is 0.670. The minimum Gasteiger partial charge on any atom is -0.454 e. The Balaban J connectivity index is 1.65. The minimum absolute atomic E-state index is 0.0337. The maximum Gasteiger partial charge on any atom is 0.262 e. The maximum atomic E-state index is 12.2. The number of aryl methyl sites for hydroxylation is 1. The van der Waals surface area contributed by atoms with Gasteiger partial charge in [-0.05, 0) is 30.7 Å². The minimum atomic E-state index is -0.431. The van der Waals surface area contributed by atoms with Gasteiger partial charge in [0.05, 0.1) is 6.20 Å². The third-order valence-electron chi connectivity index (χ3n) is 3.54. The average molecular weight is 324 g/mol. The van der Waals surface area contributed by atoms with Gasteiger partial charge in [0.15, 0.2) is 11.5 Å². The molecule has 1 N–H and O–H groups in total. The molecule has 1 aliphatic heterocycles. The van der Waals surface area contributed by atoms with Crippen LogP contribution < -0.4 is 14.8 Å². The van der Waals surface area contributed by atoms with Crippen LogP contribution in [0.25, 0.3) is 6.08 Å². The van der Waals surface area contributed by atoms with Crippen LogP contribution in [0.5, 0.6) is 11.5 Å². The number of amides is 1. The van der Waals surface area contributed by atoms with E-state index in [9.17, 15) is 10.1 Å². The standard InChI is InChI=1S/C17H16N4O3/c1-2-21-10-13(9-20-21)5-14(7-18)17(22)19-8-12-3-4-15-16(6-12)24-11-23-15/h3-6,9-10H,2,8,11H2,1H3,(H,19,22)/b14-5-. The number of carbonyl (C=O) groups is 1. The molecule has 0 saturated carbocycles. The molecule has 1 aliphatic rings. The van der Waals surface area contributed by atoms with Crippen molar-refractivity contribution in [3.05, 3.63) is 47.3 Å². The van der Waals surface area contributed by atoms with Crippen LogP contribution >= 0.6 is 0 Å². The molecular weight excluding hydrogens is 308 g/mol. The molecule has 0 aliphatic carbocycles. The number of carbonyl (C=O) groups excluding carboxylic acids is 1. The van der Waals surface area contributed by atoms with Gasteiger partial charge < -0.3 is 14.8 Å². The Bertz CT molecular complexity index is 833. The lowest BCUT2D eigenvalue weighted by Gasteiger charge is -2.05. The molecular formula is C17H16N4O3. The van der Waals surface area contributed by atoms with E-state index in [1.807, 2.05) is 25.1 Å². The first-order valence-electron chi connectivity index (χ1n) is 7.50. The first kappa shape index (κ1) is 15.6. The van der Waals surface area contributed by atoms with Gasteiger partial charge in [-0.15, -0.1) is 0 Å². The normalized spacial score (nSPS) is 12.8. The summed E-state index contributed by atoms with van der Waals surface area (Å²) in [6.07, 6.45) is 4.92. The number of nitriles is 1. The number of fused-ring (bicyclic) bond motifs is 1. The molecule has 2 heterocycles. The van der Waals surface area contributed by atoms with Gasteiger partial charge in [0.1, 0.15) is 11.6 Å². The smallest absolute Gasteiger partial charge is 0.262 e. The highest BCUT2D eigenvalue weighted by atomic mass is 16.7. The number of benzene rings is 1. The van der Waals surface area contributed by atoms with Crippen molar-refractivity contribution in [3.8, 4) is 17.6 Å². The van der Waals surface area contributed by atoms with E-state index in [0.717, 1.165) is 12.1 Å². The summed E-state index contributed by atoms with van der Waals surface area (Å²) >= 11 is 0. The van der Waals surface area contributed by atoms with Crippen LogP contribution in [0.4, 0.5) is 0 Å². The molecule has 2 aromatic rings. The Morgan fingerprint density at radius 3 is 3.04 bits per heavy atom. The summed E-state index contributed by atoms with van der Waals surface area (Å²) in [5, 5.41) is 16.0. The van der Waals surface area contributed by atoms with Crippen molar-refractivity contribution >= 4 is 12.0 Å². The van der Waals surface area contributed by atoms with Crippen molar-refractivity contribution in [3.63, 3.8) is 0 Å². The molecule has 0 spiro atoms. The van der Waals surface area contributed by atoms with E-state index >= 15 is 0 Å². The molecule has 1 aromatic heterocycles. The topological polar surface area (TPSA) is 89.2 Å². The summed E-state index contributed by atoms with van der Waals surface area (Å²) in [5.41, 5.74) is 1.61. The van der Waals surface area contributed by atoms with Crippen LogP contribution in [0.2, 0.25) is 0 Å². The fourth-order valence-electron chi connectivity index (χ4n) is 2.27. The molecule has 122 valence electrons. The molecule has 24 heavy (non-hydrogen) atoms. The number of hydrogen-bond donors (Lipinski definition) is 1. The van der Waals surface area contributed by atoms with Crippen molar-refractivity contribution in [1.82, 2.24) is 15.1 Å². The van der Waals surface area contributed by atoms with Crippen LogP contribution in [0.1, 0.15) is 18.1 Å². The van der Waals surface area contributed by atoms with Crippen LogP contribution in [0.15, 0.2) is 36.2 Å². The maximum absolute atomic E-state index is 12.2. The number of hydrogen-bond acceptors (Lipinski definition) is 5. The van der Waals surface area contributed by atoms with Gasteiger partial charge in [0.25, 0.3) is 5.91 Å². The van der Waals surface area contributed by atoms with Gasteiger partial charge in [-0.1, -0.05) is 6.07 Å². The van der Waals surface area contributed by atoms with E-state index in [4.69, 9.17) is 9.47 Å². The molecule has 0 bridgehead atoms. The fourth-order valence-corrected chi connectivity index (χ4v) is 2.27. The first-order chi connectivity index (χ1) is 11.7. The Morgan fingerprint density at radius 2 is 2.29 bits per heavy atom. The van der Waals surface area contributed by atoms with E-state index in [1.54, 1.807) is 23.1 Å². The van der Waals surface area contributed by atoms with Gasteiger partial charge in [0, 0.05) is 24.8 Å². The van der Waals surface area contributed by atoms with Gasteiger partial charge in [-0.25, -0.2) is 0 Å². The van der Waals surface area contributed by atoms with Crippen LogP contribution in [0, 0.1) is 11.3 Å². The summed E-state index contributed by atoms with van der Waals surface area (Å²) in [4.78, 5) is 12.2. The van der Waals surface area contributed by atoms with Crippen molar-refractivity contribution in [1.29, 1.82) is 5.26 Å². The number of nitrogens with one attached hydrogen (secondary N) is 1. The molecule has 1 aromatic carbocycles. The Hall–Kier alpha value is -3.27. The van der Waals surface area contributed by atoms with E-state index in [0.29, 0.717) is 23.6 Å². The second kappa shape index (κ2) is 6.87. The predicted molar refractivity (Wildman–Crippen MR) is 85.9 cm³/mol. The zero-order valence-corrected chi connectivity index (χ0v) is 13.2.